The number of fused-ring (bicyclic) bond motifs is 1. The van der Waals surface area contributed by atoms with Gasteiger partial charge in [-0.3, -0.25) is 9.36 Å². The van der Waals surface area contributed by atoms with Crippen molar-refractivity contribution in [2.45, 2.75) is 6.18 Å². The van der Waals surface area contributed by atoms with E-state index in [1.54, 1.807) is 24.3 Å². The number of H-pyrrole nitrogens is 1. The molecule has 0 bridgehead atoms. The van der Waals surface area contributed by atoms with Gasteiger partial charge in [0.15, 0.2) is 8.73 Å². The van der Waals surface area contributed by atoms with Gasteiger partial charge in [0.25, 0.3) is 5.56 Å². The number of thiazole rings is 1. The molecule has 0 aliphatic heterocycles. The first kappa shape index (κ1) is 20.5. The Hall–Kier alpha value is -2.76. The lowest BCUT2D eigenvalue weighted by atomic mass is 10.2. The minimum Gasteiger partial charge on any atom is -0.495 e. The highest BCUT2D eigenvalue weighted by Crippen LogP contribution is 2.32. The maximum absolute atomic E-state index is 13.2. The minimum atomic E-state index is -4.51. The molecule has 0 fully saturated rings. The van der Waals surface area contributed by atoms with Crippen molar-refractivity contribution in [3.05, 3.63) is 73.2 Å². The highest BCUT2D eigenvalue weighted by Gasteiger charge is 2.30. The average Bonchev–Trinajstić information content (AvgIpc) is 3.04. The summed E-state index contributed by atoms with van der Waals surface area (Å²) in [7, 11) is 1.48. The van der Waals surface area contributed by atoms with Crippen LogP contribution >= 0.6 is 35.8 Å². The van der Waals surface area contributed by atoms with E-state index in [9.17, 15) is 18.0 Å². The zero-order valence-corrected chi connectivity index (χ0v) is 17.6. The molecule has 154 valence electrons. The Balaban J connectivity index is 2.02. The second-order valence-corrected chi connectivity index (χ2v) is 8.20. The predicted molar refractivity (Wildman–Crippen MR) is 114 cm³/mol. The third-order valence-electron chi connectivity index (χ3n) is 4.39. The summed E-state index contributed by atoms with van der Waals surface area (Å²) < 4.78 is 47.9. The lowest BCUT2D eigenvalue weighted by Gasteiger charge is -2.12. The van der Waals surface area contributed by atoms with Crippen molar-refractivity contribution >= 4 is 46.1 Å². The first-order chi connectivity index (χ1) is 14.2. The van der Waals surface area contributed by atoms with Gasteiger partial charge in [0.2, 0.25) is 0 Å². The molecule has 4 aromatic rings. The molecule has 1 N–H and O–H groups in total. The monoisotopic (exact) mass is 467 g/mol. The van der Waals surface area contributed by atoms with Gasteiger partial charge in [-0.05, 0) is 54.8 Å². The maximum Gasteiger partial charge on any atom is 0.416 e. The normalized spacial score (nSPS) is 11.7. The molecule has 0 atom stereocenters. The fraction of sp³-hybridized carbons (Fsp3) is 0.105. The molecule has 0 aliphatic rings. The van der Waals surface area contributed by atoms with Gasteiger partial charge in [-0.15, -0.1) is 0 Å². The van der Waals surface area contributed by atoms with E-state index in [1.807, 2.05) is 0 Å². The Labute approximate surface area is 181 Å². The molecule has 0 spiro atoms. The highest BCUT2D eigenvalue weighted by atomic mass is 32.1. The molecule has 2 aromatic heterocycles. The van der Waals surface area contributed by atoms with E-state index in [1.165, 1.54) is 28.4 Å². The van der Waals surface area contributed by atoms with Crippen LogP contribution in [0.25, 0.3) is 21.7 Å². The number of methoxy groups -OCH3 is 1. The van der Waals surface area contributed by atoms with Crippen LogP contribution < -0.4 is 10.3 Å². The van der Waals surface area contributed by atoms with Crippen molar-refractivity contribution in [3.8, 4) is 17.1 Å². The van der Waals surface area contributed by atoms with Gasteiger partial charge in [0, 0.05) is 5.69 Å². The van der Waals surface area contributed by atoms with Crippen LogP contribution in [-0.4, -0.2) is 21.2 Å². The zero-order chi connectivity index (χ0) is 21.6. The summed E-state index contributed by atoms with van der Waals surface area (Å²) in [6.45, 7) is 0. The molecule has 4 rings (SSSR count). The number of benzene rings is 2. The van der Waals surface area contributed by atoms with Gasteiger partial charge >= 0.3 is 6.18 Å². The number of para-hydroxylation sites is 2. The number of ether oxygens (including phenoxy) is 1. The van der Waals surface area contributed by atoms with Gasteiger partial charge < -0.3 is 9.72 Å². The Morgan fingerprint density at radius 3 is 2.50 bits per heavy atom. The molecule has 0 radical (unpaired) electrons. The number of hydrogen-bond donors (Lipinski definition) is 1. The number of nitrogens with one attached hydrogen (secondary N) is 1. The average molecular weight is 468 g/mol. The molecule has 0 saturated heterocycles. The van der Waals surface area contributed by atoms with E-state index in [-0.39, 0.29) is 24.8 Å². The second kappa shape index (κ2) is 7.49. The lowest BCUT2D eigenvalue weighted by molar-refractivity contribution is -0.137. The smallest absolute Gasteiger partial charge is 0.416 e. The molecule has 11 heteroatoms. The summed E-state index contributed by atoms with van der Waals surface area (Å²) in [5, 5.41) is 0. The summed E-state index contributed by atoms with van der Waals surface area (Å²) in [4.78, 5) is 16.2. The molecule has 0 unspecified atom stereocenters. The quantitative estimate of drug-likeness (QED) is 0.395. The number of rotatable bonds is 3. The number of aromatic amines is 1. The lowest BCUT2D eigenvalue weighted by Crippen LogP contribution is -2.20. The van der Waals surface area contributed by atoms with Crippen molar-refractivity contribution in [1.82, 2.24) is 14.1 Å². The van der Waals surface area contributed by atoms with Crippen LogP contribution in [0, 0.1) is 8.73 Å². The van der Waals surface area contributed by atoms with Gasteiger partial charge in [-0.25, -0.2) is 4.57 Å². The Morgan fingerprint density at radius 2 is 1.80 bits per heavy atom. The first-order valence-corrected chi connectivity index (χ1v) is 10.1. The number of alkyl halides is 3. The molecule has 2 heterocycles. The van der Waals surface area contributed by atoms with Crippen LogP contribution in [0.4, 0.5) is 13.2 Å². The molecule has 30 heavy (non-hydrogen) atoms. The van der Waals surface area contributed by atoms with E-state index < -0.39 is 17.3 Å². The van der Waals surface area contributed by atoms with Crippen LogP contribution in [0.3, 0.4) is 0 Å². The van der Waals surface area contributed by atoms with Crippen LogP contribution in [0.1, 0.15) is 5.56 Å². The minimum absolute atomic E-state index is 0.0607. The van der Waals surface area contributed by atoms with E-state index in [0.29, 0.717) is 11.4 Å². The van der Waals surface area contributed by atoms with Crippen LogP contribution in [0.2, 0.25) is 0 Å². The van der Waals surface area contributed by atoms with Crippen LogP contribution in [-0.2, 0) is 6.18 Å². The van der Waals surface area contributed by atoms with Crippen LogP contribution in [0.5, 0.6) is 5.75 Å². The maximum atomic E-state index is 13.2. The third-order valence-corrected chi connectivity index (χ3v) is 6.04. The molecular weight excluding hydrogens is 455 g/mol. The number of nitrogens with zero attached hydrogens (tertiary/aromatic N) is 2. The van der Waals surface area contributed by atoms with Gasteiger partial charge in [-0.1, -0.05) is 29.5 Å². The van der Waals surface area contributed by atoms with Gasteiger partial charge in [-0.2, -0.15) is 13.2 Å². The third kappa shape index (κ3) is 3.38. The summed E-state index contributed by atoms with van der Waals surface area (Å²) in [5.41, 5.74) is -0.396. The van der Waals surface area contributed by atoms with Crippen LogP contribution in [0.15, 0.2) is 53.3 Å². The molecule has 0 saturated carbocycles. The molecule has 2 aromatic carbocycles. The topological polar surface area (TPSA) is 51.9 Å². The SMILES string of the molecule is COc1ccccc1-n1c(=S)[nH]c2c(sc(=S)n2-c2cccc(C(F)(F)F)c2)c1=O. The van der Waals surface area contributed by atoms with E-state index in [0.717, 1.165) is 23.5 Å². The molecule has 5 nitrogen and oxygen atoms in total. The number of aromatic nitrogens is 3. The summed E-state index contributed by atoms with van der Waals surface area (Å²) >= 11 is 11.7. The zero-order valence-electron chi connectivity index (χ0n) is 15.2. The standard InChI is InChI=1S/C19H12F3N3O2S3/c1-27-13-8-3-2-7-12(13)25-16(26)14-15(23-17(25)28)24(18(29)30-14)11-6-4-5-10(9-11)19(20,21)22/h2-9H,1H3,(H,23,28). The largest absolute Gasteiger partial charge is 0.495 e. The number of halogens is 3. The van der Waals surface area contributed by atoms with Crippen molar-refractivity contribution in [2.75, 3.05) is 7.11 Å². The fourth-order valence-electron chi connectivity index (χ4n) is 3.07. The predicted octanol–water partition coefficient (Wildman–Crippen LogP) is 5.66. The van der Waals surface area contributed by atoms with Crippen molar-refractivity contribution in [2.24, 2.45) is 0 Å². The highest BCUT2D eigenvalue weighted by molar-refractivity contribution is 7.73. The van der Waals surface area contributed by atoms with Gasteiger partial charge in [0.05, 0.1) is 18.4 Å². The summed E-state index contributed by atoms with van der Waals surface area (Å²) in [6.07, 6.45) is -4.51. The Morgan fingerprint density at radius 1 is 1.07 bits per heavy atom. The number of hydrogen-bond acceptors (Lipinski definition) is 5. The van der Waals surface area contributed by atoms with Crippen molar-refractivity contribution < 1.29 is 17.9 Å². The summed E-state index contributed by atoms with van der Waals surface area (Å²) in [6, 6.07) is 11.6. The van der Waals surface area contributed by atoms with Crippen molar-refractivity contribution in [1.29, 1.82) is 0 Å². The van der Waals surface area contributed by atoms with Crippen molar-refractivity contribution in [3.63, 3.8) is 0 Å². The van der Waals surface area contributed by atoms with Gasteiger partial charge in [0.1, 0.15) is 16.1 Å². The Bertz CT molecular complexity index is 1450. The second-order valence-electron chi connectivity index (χ2n) is 6.17. The Kier molecular flexibility index (Phi) is 5.12. The van der Waals surface area contributed by atoms with E-state index >= 15 is 0 Å². The van der Waals surface area contributed by atoms with E-state index in [4.69, 9.17) is 29.2 Å². The first-order valence-electron chi connectivity index (χ1n) is 8.44. The molecule has 0 aliphatic carbocycles. The summed E-state index contributed by atoms with van der Waals surface area (Å²) in [5.74, 6) is 0.444. The molecular formula is C19H12F3N3O2S3. The van der Waals surface area contributed by atoms with E-state index in [2.05, 4.69) is 4.98 Å². The molecule has 0 amide bonds. The fourth-order valence-corrected chi connectivity index (χ4v) is 4.68.